The van der Waals surface area contributed by atoms with E-state index in [1.165, 1.54) is 87.6 Å². The molecule has 0 radical (unpaired) electrons. The molecular formula is C38H30. The van der Waals surface area contributed by atoms with E-state index in [-0.39, 0.29) is 0 Å². The van der Waals surface area contributed by atoms with Crippen LogP contribution in [0.3, 0.4) is 0 Å². The van der Waals surface area contributed by atoms with Gasteiger partial charge in [0, 0.05) is 0 Å². The van der Waals surface area contributed by atoms with Gasteiger partial charge < -0.3 is 0 Å². The van der Waals surface area contributed by atoms with Gasteiger partial charge in [0.1, 0.15) is 0 Å². The molecule has 0 heterocycles. The fourth-order valence-corrected chi connectivity index (χ4v) is 6.40. The fourth-order valence-electron chi connectivity index (χ4n) is 6.40. The Morgan fingerprint density at radius 1 is 0.395 bits per heavy atom. The number of hydrogen-bond acceptors (Lipinski definition) is 0. The third-order valence-corrected chi connectivity index (χ3v) is 8.56. The molecule has 0 unspecified atom stereocenters. The van der Waals surface area contributed by atoms with Gasteiger partial charge in [0.25, 0.3) is 0 Å². The number of aryl methyl sites for hydroxylation is 2. The van der Waals surface area contributed by atoms with E-state index in [1.54, 1.807) is 0 Å². The Kier molecular flexibility index (Phi) is 5.13. The van der Waals surface area contributed by atoms with Crippen molar-refractivity contribution < 1.29 is 0 Å². The first-order chi connectivity index (χ1) is 18.5. The van der Waals surface area contributed by atoms with Gasteiger partial charge in [-0.1, -0.05) is 91.0 Å². The second-order valence-electron chi connectivity index (χ2n) is 10.7. The molecule has 0 bridgehead atoms. The molecule has 7 aromatic rings. The Labute approximate surface area is 224 Å². The molecule has 0 aliphatic heterocycles. The summed E-state index contributed by atoms with van der Waals surface area (Å²) in [6.07, 6.45) is 0. The van der Waals surface area contributed by atoms with Crippen LogP contribution < -0.4 is 0 Å². The highest BCUT2D eigenvalue weighted by atomic mass is 14.2. The number of benzene rings is 7. The van der Waals surface area contributed by atoms with Crippen LogP contribution in [0.1, 0.15) is 22.3 Å². The van der Waals surface area contributed by atoms with Gasteiger partial charge in [-0.15, -0.1) is 0 Å². The van der Waals surface area contributed by atoms with E-state index in [0.29, 0.717) is 0 Å². The zero-order chi connectivity index (χ0) is 26.0. The Balaban J connectivity index is 1.64. The van der Waals surface area contributed by atoms with Crippen LogP contribution in [-0.2, 0) is 0 Å². The first-order valence-corrected chi connectivity index (χ1v) is 13.5. The van der Waals surface area contributed by atoms with Crippen LogP contribution in [0.2, 0.25) is 0 Å². The molecule has 0 nitrogen and oxygen atoms in total. The molecule has 38 heavy (non-hydrogen) atoms. The van der Waals surface area contributed by atoms with Crippen LogP contribution in [0.4, 0.5) is 0 Å². The summed E-state index contributed by atoms with van der Waals surface area (Å²) in [5.74, 6) is 0. The van der Waals surface area contributed by atoms with Crippen molar-refractivity contribution in [2.45, 2.75) is 27.7 Å². The van der Waals surface area contributed by atoms with Crippen LogP contribution in [0.15, 0.2) is 109 Å². The van der Waals surface area contributed by atoms with Gasteiger partial charge in [0.15, 0.2) is 0 Å². The summed E-state index contributed by atoms with van der Waals surface area (Å²) in [5, 5.41) is 10.4. The molecule has 0 spiro atoms. The van der Waals surface area contributed by atoms with Crippen LogP contribution in [-0.4, -0.2) is 0 Å². The first-order valence-electron chi connectivity index (χ1n) is 13.5. The van der Waals surface area contributed by atoms with E-state index in [4.69, 9.17) is 0 Å². The normalized spacial score (nSPS) is 11.7. The van der Waals surface area contributed by atoms with Crippen LogP contribution in [0.5, 0.6) is 0 Å². The molecule has 7 aromatic carbocycles. The largest absolute Gasteiger partial charge is 0.0616 e. The summed E-state index contributed by atoms with van der Waals surface area (Å²) in [7, 11) is 0. The molecule has 0 fully saturated rings. The molecule has 182 valence electrons. The van der Waals surface area contributed by atoms with E-state index in [1.807, 2.05) is 0 Å². The van der Waals surface area contributed by atoms with Gasteiger partial charge in [-0.2, -0.15) is 0 Å². The summed E-state index contributed by atoms with van der Waals surface area (Å²) in [6, 6.07) is 40.5. The third kappa shape index (κ3) is 3.37. The first kappa shape index (κ1) is 22.8. The topological polar surface area (TPSA) is 0 Å². The van der Waals surface area contributed by atoms with Gasteiger partial charge >= 0.3 is 0 Å². The van der Waals surface area contributed by atoms with E-state index in [0.717, 1.165) is 0 Å². The average Bonchev–Trinajstić information content (AvgIpc) is 2.95. The SMILES string of the molecule is Cc1cc(C)c(C)c(-c2cc3cc(-c4ccc5ccccc5c4)c4ccccc4c3c3ccccc23)c1C. The van der Waals surface area contributed by atoms with Gasteiger partial charge in [-0.25, -0.2) is 0 Å². The molecule has 0 saturated carbocycles. The van der Waals surface area contributed by atoms with Crippen molar-refractivity contribution in [3.05, 3.63) is 131 Å². The Bertz CT molecular complexity index is 2030. The standard InChI is InChI=1S/C38H30/c1-23-19-24(2)26(4)37(25(23)3)36-22-30-21-35(29-18-17-27-11-5-6-12-28(27)20-29)31-13-7-9-15-33(31)38(30)34-16-10-8-14-32(34)36/h5-22H,1-4H3. The zero-order valence-electron chi connectivity index (χ0n) is 22.4. The van der Waals surface area contributed by atoms with E-state index in [9.17, 15) is 0 Å². The highest BCUT2D eigenvalue weighted by molar-refractivity contribution is 6.26. The number of rotatable bonds is 2. The average molecular weight is 487 g/mol. The third-order valence-electron chi connectivity index (χ3n) is 8.56. The number of fused-ring (bicyclic) bond motifs is 6. The molecule has 0 amide bonds. The smallest absolute Gasteiger partial charge is 0.00259 e. The lowest BCUT2D eigenvalue weighted by molar-refractivity contribution is 1.25. The lowest BCUT2D eigenvalue weighted by Crippen LogP contribution is -1.96. The monoisotopic (exact) mass is 486 g/mol. The van der Waals surface area contributed by atoms with Crippen molar-refractivity contribution in [2.24, 2.45) is 0 Å². The summed E-state index contributed by atoms with van der Waals surface area (Å²) in [6.45, 7) is 9.02. The summed E-state index contributed by atoms with van der Waals surface area (Å²) in [4.78, 5) is 0. The van der Waals surface area contributed by atoms with Gasteiger partial charge in [0.2, 0.25) is 0 Å². The summed E-state index contributed by atoms with van der Waals surface area (Å²) in [5.41, 5.74) is 10.7. The number of hydrogen-bond donors (Lipinski definition) is 0. The van der Waals surface area contributed by atoms with Crippen LogP contribution in [0.25, 0.3) is 65.3 Å². The molecule has 0 N–H and O–H groups in total. The van der Waals surface area contributed by atoms with Crippen molar-refractivity contribution in [1.82, 2.24) is 0 Å². The molecule has 0 atom stereocenters. The highest BCUT2D eigenvalue weighted by Crippen LogP contribution is 2.44. The van der Waals surface area contributed by atoms with Gasteiger partial charge in [-0.05, 0) is 133 Å². The van der Waals surface area contributed by atoms with Crippen molar-refractivity contribution in [1.29, 1.82) is 0 Å². The lowest BCUT2D eigenvalue weighted by Gasteiger charge is -2.20. The van der Waals surface area contributed by atoms with Gasteiger partial charge in [0.05, 0.1) is 0 Å². The predicted molar refractivity (Wildman–Crippen MR) is 166 cm³/mol. The van der Waals surface area contributed by atoms with Crippen molar-refractivity contribution >= 4 is 43.1 Å². The van der Waals surface area contributed by atoms with E-state index >= 15 is 0 Å². The second-order valence-corrected chi connectivity index (χ2v) is 10.7. The molecule has 0 aromatic heterocycles. The Morgan fingerprint density at radius 3 is 1.58 bits per heavy atom. The zero-order valence-corrected chi connectivity index (χ0v) is 22.4. The summed E-state index contributed by atoms with van der Waals surface area (Å²) >= 11 is 0. The fraction of sp³-hybridized carbons (Fsp3) is 0.105. The van der Waals surface area contributed by atoms with Crippen molar-refractivity contribution in [3.8, 4) is 22.3 Å². The summed E-state index contributed by atoms with van der Waals surface area (Å²) < 4.78 is 0. The quantitative estimate of drug-likeness (QED) is 0.213. The van der Waals surface area contributed by atoms with Crippen molar-refractivity contribution in [3.63, 3.8) is 0 Å². The highest BCUT2D eigenvalue weighted by Gasteiger charge is 2.18. The maximum Gasteiger partial charge on any atom is -0.00259 e. The Morgan fingerprint density at radius 2 is 0.921 bits per heavy atom. The maximum absolute atomic E-state index is 2.45. The maximum atomic E-state index is 2.45. The van der Waals surface area contributed by atoms with Gasteiger partial charge in [-0.3, -0.25) is 0 Å². The molecule has 0 aliphatic carbocycles. The molecule has 0 heteroatoms. The van der Waals surface area contributed by atoms with Crippen LogP contribution >= 0.6 is 0 Å². The molecule has 0 saturated heterocycles. The minimum Gasteiger partial charge on any atom is -0.0616 e. The van der Waals surface area contributed by atoms with E-state index < -0.39 is 0 Å². The molecule has 0 aliphatic rings. The molecule has 7 rings (SSSR count). The minimum absolute atomic E-state index is 1.26. The van der Waals surface area contributed by atoms with Crippen LogP contribution in [0, 0.1) is 27.7 Å². The predicted octanol–water partition coefficient (Wildman–Crippen LogP) is 10.9. The lowest BCUT2D eigenvalue weighted by atomic mass is 9.84. The van der Waals surface area contributed by atoms with E-state index in [2.05, 4.69) is 137 Å². The van der Waals surface area contributed by atoms with Crippen molar-refractivity contribution in [2.75, 3.05) is 0 Å². The second kappa shape index (κ2) is 8.57. The molecular weight excluding hydrogens is 456 g/mol. The Hall–Kier alpha value is -4.42. The minimum atomic E-state index is 1.26.